The Kier molecular flexibility index (Phi) is 8.13. The normalized spacial score (nSPS) is 16.0. The molecule has 0 aliphatic heterocycles. The summed E-state index contributed by atoms with van der Waals surface area (Å²) in [5.41, 5.74) is 0. The highest BCUT2D eigenvalue weighted by Crippen LogP contribution is 2.18. The molecule has 0 saturated heterocycles. The zero-order valence-corrected chi connectivity index (χ0v) is 11.7. The van der Waals surface area contributed by atoms with Gasteiger partial charge in [0.05, 0.1) is 0 Å². The number of hydrogen-bond donors (Lipinski definition) is 0. The molecule has 0 aromatic rings. The molecule has 0 aliphatic rings. The zero-order valence-electron chi connectivity index (χ0n) is 11.7. The van der Waals surface area contributed by atoms with Crippen LogP contribution in [0.2, 0.25) is 0 Å². The fourth-order valence-corrected chi connectivity index (χ4v) is 2.18. The second-order valence-electron chi connectivity index (χ2n) is 5.71. The molecule has 15 heavy (non-hydrogen) atoms. The average Bonchev–Trinajstić information content (AvgIpc) is 2.12. The largest absolute Gasteiger partial charge is 0.306 e. The van der Waals surface area contributed by atoms with Crippen LogP contribution in [0.25, 0.3) is 0 Å². The van der Waals surface area contributed by atoms with E-state index in [1.54, 1.807) is 0 Å². The Morgan fingerprint density at radius 3 is 2.00 bits per heavy atom. The summed E-state index contributed by atoms with van der Waals surface area (Å²) in [6.07, 6.45) is 4.12. The van der Waals surface area contributed by atoms with E-state index in [2.05, 4.69) is 46.6 Å². The van der Waals surface area contributed by atoms with Crippen LogP contribution >= 0.6 is 0 Å². The molecule has 0 fully saturated rings. The molecule has 0 bridgehead atoms. The third-order valence-corrected chi connectivity index (χ3v) is 3.26. The Balaban J connectivity index is 3.74. The van der Waals surface area contributed by atoms with Gasteiger partial charge in [-0.15, -0.1) is 0 Å². The summed E-state index contributed by atoms with van der Waals surface area (Å²) in [6.45, 7) is 14.2. The smallest absolute Gasteiger partial charge is 0.000662 e. The van der Waals surface area contributed by atoms with E-state index in [4.69, 9.17) is 0 Å². The number of nitrogens with zero attached hydrogens (tertiary/aromatic N) is 1. The zero-order chi connectivity index (χ0) is 11.8. The van der Waals surface area contributed by atoms with E-state index in [1.165, 1.54) is 32.4 Å². The van der Waals surface area contributed by atoms with Crippen molar-refractivity contribution in [2.75, 3.05) is 20.1 Å². The van der Waals surface area contributed by atoms with Crippen molar-refractivity contribution in [3.63, 3.8) is 0 Å². The van der Waals surface area contributed by atoms with E-state index >= 15 is 0 Å². The highest BCUT2D eigenvalue weighted by Gasteiger charge is 2.14. The first-order valence-electron chi connectivity index (χ1n) is 6.65. The molecule has 1 nitrogen and oxygen atoms in total. The van der Waals surface area contributed by atoms with Crippen LogP contribution in [0.4, 0.5) is 0 Å². The maximum Gasteiger partial charge on any atom is 0.000662 e. The van der Waals surface area contributed by atoms with E-state index in [9.17, 15) is 0 Å². The van der Waals surface area contributed by atoms with Gasteiger partial charge in [-0.3, -0.25) is 0 Å². The second kappa shape index (κ2) is 8.15. The topological polar surface area (TPSA) is 3.24 Å². The van der Waals surface area contributed by atoms with Crippen LogP contribution in [0.5, 0.6) is 0 Å². The van der Waals surface area contributed by atoms with Gasteiger partial charge in [0.2, 0.25) is 0 Å². The number of hydrogen-bond acceptors (Lipinski definition) is 1. The fraction of sp³-hybridized carbons (Fsp3) is 1.00. The summed E-state index contributed by atoms with van der Waals surface area (Å²) >= 11 is 0. The van der Waals surface area contributed by atoms with Crippen molar-refractivity contribution in [3.8, 4) is 0 Å². The minimum absolute atomic E-state index is 0.785. The van der Waals surface area contributed by atoms with Gasteiger partial charge in [-0.05, 0) is 24.8 Å². The van der Waals surface area contributed by atoms with Crippen molar-refractivity contribution >= 4 is 0 Å². The summed E-state index contributed by atoms with van der Waals surface area (Å²) in [4.78, 5) is 2.48. The van der Waals surface area contributed by atoms with E-state index in [0.717, 1.165) is 17.8 Å². The number of unbranched alkanes of at least 4 members (excludes halogenated alkanes) is 1. The fourth-order valence-electron chi connectivity index (χ4n) is 2.18. The summed E-state index contributed by atoms with van der Waals surface area (Å²) in [7, 11) is 2.25. The summed E-state index contributed by atoms with van der Waals surface area (Å²) in [5, 5.41) is 0. The molecule has 1 heteroatoms. The summed E-state index contributed by atoms with van der Waals surface area (Å²) < 4.78 is 0. The van der Waals surface area contributed by atoms with Gasteiger partial charge in [0, 0.05) is 13.1 Å². The quantitative estimate of drug-likeness (QED) is 0.588. The van der Waals surface area contributed by atoms with E-state index in [1.807, 2.05) is 0 Å². The Hall–Kier alpha value is -0.0400. The molecule has 0 amide bonds. The van der Waals surface area contributed by atoms with Crippen molar-refractivity contribution in [1.82, 2.24) is 4.90 Å². The first-order valence-corrected chi connectivity index (χ1v) is 6.65. The molecule has 0 spiro atoms. The van der Waals surface area contributed by atoms with Crippen LogP contribution in [0.1, 0.15) is 53.9 Å². The first kappa shape index (κ1) is 15.0. The standard InChI is InChI=1S/C14H31N/c1-7-8-9-13(4)14(5)11-15(6)10-12(2)3/h12-14H,7-11H2,1-6H3. The lowest BCUT2D eigenvalue weighted by Gasteiger charge is -2.26. The van der Waals surface area contributed by atoms with Crippen LogP contribution < -0.4 is 0 Å². The van der Waals surface area contributed by atoms with Gasteiger partial charge in [0.15, 0.2) is 0 Å². The van der Waals surface area contributed by atoms with Crippen molar-refractivity contribution < 1.29 is 0 Å². The van der Waals surface area contributed by atoms with Crippen LogP contribution in [0.3, 0.4) is 0 Å². The lowest BCUT2D eigenvalue weighted by molar-refractivity contribution is 0.215. The molecule has 0 rings (SSSR count). The molecule has 0 N–H and O–H groups in total. The molecule has 0 aliphatic carbocycles. The van der Waals surface area contributed by atoms with Crippen molar-refractivity contribution in [2.45, 2.75) is 53.9 Å². The minimum Gasteiger partial charge on any atom is -0.306 e. The van der Waals surface area contributed by atoms with Crippen molar-refractivity contribution in [1.29, 1.82) is 0 Å². The predicted octanol–water partition coefficient (Wildman–Crippen LogP) is 4.04. The molecule has 2 unspecified atom stereocenters. The summed E-state index contributed by atoms with van der Waals surface area (Å²) in [6, 6.07) is 0. The summed E-state index contributed by atoms with van der Waals surface area (Å²) in [5.74, 6) is 2.49. The Morgan fingerprint density at radius 1 is 0.933 bits per heavy atom. The van der Waals surface area contributed by atoms with Crippen LogP contribution in [0.15, 0.2) is 0 Å². The van der Waals surface area contributed by atoms with Gasteiger partial charge in [-0.25, -0.2) is 0 Å². The molecule has 0 heterocycles. The lowest BCUT2D eigenvalue weighted by atomic mass is 9.90. The van der Waals surface area contributed by atoms with Gasteiger partial charge in [-0.2, -0.15) is 0 Å². The second-order valence-corrected chi connectivity index (χ2v) is 5.71. The third kappa shape index (κ3) is 7.84. The number of rotatable bonds is 8. The van der Waals surface area contributed by atoms with Crippen molar-refractivity contribution in [2.24, 2.45) is 17.8 Å². The minimum atomic E-state index is 0.785. The maximum absolute atomic E-state index is 2.48. The van der Waals surface area contributed by atoms with E-state index in [0.29, 0.717) is 0 Å². The van der Waals surface area contributed by atoms with Gasteiger partial charge in [-0.1, -0.05) is 53.9 Å². The Labute approximate surface area is 97.2 Å². The maximum atomic E-state index is 2.48. The molecule has 0 radical (unpaired) electrons. The first-order chi connectivity index (χ1) is 6.97. The Bertz CT molecular complexity index is 142. The van der Waals surface area contributed by atoms with Gasteiger partial charge in [0.1, 0.15) is 0 Å². The van der Waals surface area contributed by atoms with Crippen molar-refractivity contribution in [3.05, 3.63) is 0 Å². The monoisotopic (exact) mass is 213 g/mol. The Morgan fingerprint density at radius 2 is 1.53 bits per heavy atom. The van der Waals surface area contributed by atoms with Gasteiger partial charge in [0.25, 0.3) is 0 Å². The van der Waals surface area contributed by atoms with E-state index < -0.39 is 0 Å². The molecular formula is C14H31N. The van der Waals surface area contributed by atoms with Crippen LogP contribution in [-0.4, -0.2) is 25.0 Å². The highest BCUT2D eigenvalue weighted by atomic mass is 15.1. The average molecular weight is 213 g/mol. The highest BCUT2D eigenvalue weighted by molar-refractivity contribution is 4.66. The van der Waals surface area contributed by atoms with Crippen LogP contribution in [0, 0.1) is 17.8 Å². The van der Waals surface area contributed by atoms with Gasteiger partial charge >= 0.3 is 0 Å². The predicted molar refractivity (Wildman–Crippen MR) is 70.2 cm³/mol. The lowest BCUT2D eigenvalue weighted by Crippen LogP contribution is -2.30. The third-order valence-electron chi connectivity index (χ3n) is 3.26. The molecule has 0 aromatic carbocycles. The molecule has 0 aromatic heterocycles. The molecular weight excluding hydrogens is 182 g/mol. The molecule has 2 atom stereocenters. The van der Waals surface area contributed by atoms with Crippen LogP contribution in [-0.2, 0) is 0 Å². The SMILES string of the molecule is CCCCC(C)C(C)CN(C)CC(C)C. The van der Waals surface area contributed by atoms with E-state index in [-0.39, 0.29) is 0 Å². The van der Waals surface area contributed by atoms with Gasteiger partial charge < -0.3 is 4.90 Å². The molecule has 92 valence electrons. The molecule has 0 saturated carbocycles.